The monoisotopic (exact) mass is 407 g/mol. The van der Waals surface area contributed by atoms with Crippen LogP contribution in [0.2, 0.25) is 5.02 Å². The fourth-order valence-corrected chi connectivity index (χ4v) is 3.18. The Morgan fingerprint density at radius 2 is 1.90 bits per heavy atom. The van der Waals surface area contributed by atoms with E-state index in [0.29, 0.717) is 34.1 Å². The highest BCUT2D eigenvalue weighted by Gasteiger charge is 2.29. The van der Waals surface area contributed by atoms with Gasteiger partial charge in [0.2, 0.25) is 0 Å². The van der Waals surface area contributed by atoms with Gasteiger partial charge in [0, 0.05) is 11.1 Å². The molecule has 1 aromatic heterocycles. The number of anilines is 1. The molecule has 3 aromatic rings. The summed E-state index contributed by atoms with van der Waals surface area (Å²) in [7, 11) is 0. The van der Waals surface area contributed by atoms with Gasteiger partial charge in [0.15, 0.2) is 0 Å². The molecule has 4 rings (SSSR count). The minimum absolute atomic E-state index is 0.156. The summed E-state index contributed by atoms with van der Waals surface area (Å²) < 4.78 is 5.75. The predicted molar refractivity (Wildman–Crippen MR) is 111 cm³/mol. The van der Waals surface area contributed by atoms with Crippen molar-refractivity contribution in [1.82, 2.24) is 0 Å². The van der Waals surface area contributed by atoms with Gasteiger partial charge in [-0.1, -0.05) is 29.8 Å². The molecule has 8 heteroatoms. The Bertz CT molecular complexity index is 1180. The fourth-order valence-electron chi connectivity index (χ4n) is 3.01. The van der Waals surface area contributed by atoms with E-state index in [0.717, 1.165) is 0 Å². The van der Waals surface area contributed by atoms with Gasteiger partial charge in [-0.05, 0) is 49.4 Å². The number of rotatable bonds is 4. The number of hydrogen-bond acceptors (Lipinski definition) is 5. The van der Waals surface area contributed by atoms with Crippen LogP contribution in [0.1, 0.15) is 12.7 Å². The third-order valence-corrected chi connectivity index (χ3v) is 4.63. The number of halogens is 1. The molecule has 0 unspecified atom stereocenters. The summed E-state index contributed by atoms with van der Waals surface area (Å²) in [5.74, 6) is 0.418. The van der Waals surface area contributed by atoms with Crippen molar-refractivity contribution in [1.29, 1.82) is 0 Å². The standard InChI is InChI=1S/C21H14ClN3O4/c1-13-18(21(26)24(23-13)15-5-3-2-4-6-15)12-16-8-10-20(29-16)17-9-7-14(22)11-19(17)25(27)28/h2-12H,1H3/b18-12+. The molecule has 0 fully saturated rings. The summed E-state index contributed by atoms with van der Waals surface area (Å²) >= 11 is 5.86. The van der Waals surface area contributed by atoms with Gasteiger partial charge in [-0.15, -0.1) is 0 Å². The van der Waals surface area contributed by atoms with Crippen LogP contribution >= 0.6 is 11.6 Å². The molecule has 29 heavy (non-hydrogen) atoms. The van der Waals surface area contributed by atoms with Crippen LogP contribution in [0, 0.1) is 10.1 Å². The zero-order valence-electron chi connectivity index (χ0n) is 15.2. The van der Waals surface area contributed by atoms with Crippen LogP contribution in [-0.4, -0.2) is 16.5 Å². The molecule has 0 spiro atoms. The van der Waals surface area contributed by atoms with Gasteiger partial charge in [-0.3, -0.25) is 14.9 Å². The van der Waals surface area contributed by atoms with Crippen molar-refractivity contribution in [3.05, 3.63) is 87.1 Å². The van der Waals surface area contributed by atoms with Crippen LogP contribution in [0.4, 0.5) is 11.4 Å². The smallest absolute Gasteiger partial charge is 0.281 e. The van der Waals surface area contributed by atoms with E-state index in [9.17, 15) is 14.9 Å². The molecule has 1 amide bonds. The first-order chi connectivity index (χ1) is 13.9. The molecule has 0 bridgehead atoms. The second-order valence-electron chi connectivity index (χ2n) is 6.32. The molecule has 0 saturated carbocycles. The Balaban J connectivity index is 1.66. The average Bonchev–Trinajstić information content (AvgIpc) is 3.28. The van der Waals surface area contributed by atoms with Gasteiger partial charge in [-0.2, -0.15) is 10.1 Å². The van der Waals surface area contributed by atoms with Gasteiger partial charge in [0.05, 0.1) is 27.5 Å². The molecule has 0 aliphatic carbocycles. The molecule has 1 aliphatic rings. The summed E-state index contributed by atoms with van der Waals surface area (Å²) in [4.78, 5) is 23.6. The van der Waals surface area contributed by atoms with Crippen LogP contribution in [0.15, 0.2) is 75.8 Å². The molecule has 2 heterocycles. The summed E-state index contributed by atoms with van der Waals surface area (Å²) in [5, 5.41) is 17.2. The zero-order valence-corrected chi connectivity index (χ0v) is 16.0. The first kappa shape index (κ1) is 18.6. The number of nitro groups is 1. The van der Waals surface area contributed by atoms with Crippen LogP contribution in [-0.2, 0) is 4.79 Å². The fraction of sp³-hybridized carbons (Fsp3) is 0.0476. The number of para-hydroxylation sites is 1. The molecule has 0 N–H and O–H groups in total. The van der Waals surface area contributed by atoms with Crippen molar-refractivity contribution in [2.75, 3.05) is 5.01 Å². The van der Waals surface area contributed by atoms with Crippen LogP contribution in [0.5, 0.6) is 0 Å². The molecule has 1 aliphatic heterocycles. The Hall–Kier alpha value is -3.71. The lowest BCUT2D eigenvalue weighted by Crippen LogP contribution is -2.21. The van der Waals surface area contributed by atoms with Gasteiger partial charge in [0.1, 0.15) is 11.5 Å². The third-order valence-electron chi connectivity index (χ3n) is 4.40. The first-order valence-electron chi connectivity index (χ1n) is 8.65. The Morgan fingerprint density at radius 1 is 1.14 bits per heavy atom. The van der Waals surface area contributed by atoms with Crippen LogP contribution in [0.3, 0.4) is 0 Å². The topological polar surface area (TPSA) is 89.0 Å². The number of carbonyl (C=O) groups is 1. The average molecular weight is 408 g/mol. The van der Waals surface area contributed by atoms with Gasteiger partial charge in [-0.25, -0.2) is 0 Å². The Morgan fingerprint density at radius 3 is 2.62 bits per heavy atom. The van der Waals surface area contributed by atoms with E-state index in [1.807, 2.05) is 18.2 Å². The molecular formula is C21H14ClN3O4. The van der Waals surface area contributed by atoms with E-state index < -0.39 is 4.92 Å². The summed E-state index contributed by atoms with van der Waals surface area (Å²) in [6.07, 6.45) is 1.58. The lowest BCUT2D eigenvalue weighted by molar-refractivity contribution is -0.384. The van der Waals surface area contributed by atoms with E-state index in [-0.39, 0.29) is 16.6 Å². The Labute approximate surface area is 170 Å². The second-order valence-corrected chi connectivity index (χ2v) is 6.75. The number of furan rings is 1. The van der Waals surface area contributed by atoms with Crippen molar-refractivity contribution in [3.8, 4) is 11.3 Å². The molecule has 0 atom stereocenters. The molecular weight excluding hydrogens is 394 g/mol. The highest BCUT2D eigenvalue weighted by atomic mass is 35.5. The summed E-state index contributed by atoms with van der Waals surface area (Å²) in [5.41, 5.74) is 1.75. The molecule has 144 valence electrons. The maximum Gasteiger partial charge on any atom is 0.281 e. The zero-order chi connectivity index (χ0) is 20.5. The van der Waals surface area contributed by atoms with Crippen LogP contribution in [0.25, 0.3) is 17.4 Å². The van der Waals surface area contributed by atoms with Crippen molar-refractivity contribution >= 4 is 40.7 Å². The summed E-state index contributed by atoms with van der Waals surface area (Å²) in [6, 6.07) is 16.7. The minimum Gasteiger partial charge on any atom is -0.456 e. The van der Waals surface area contributed by atoms with Gasteiger partial charge < -0.3 is 4.42 Å². The van der Waals surface area contributed by atoms with Crippen molar-refractivity contribution < 1.29 is 14.1 Å². The van der Waals surface area contributed by atoms with Crippen molar-refractivity contribution in [3.63, 3.8) is 0 Å². The summed E-state index contributed by atoms with van der Waals surface area (Å²) in [6.45, 7) is 1.74. The van der Waals surface area contributed by atoms with Crippen LogP contribution < -0.4 is 5.01 Å². The van der Waals surface area contributed by atoms with E-state index in [1.165, 1.54) is 17.1 Å². The molecule has 7 nitrogen and oxygen atoms in total. The maximum atomic E-state index is 12.8. The normalized spacial score (nSPS) is 15.1. The van der Waals surface area contributed by atoms with E-state index in [2.05, 4.69) is 5.10 Å². The second kappa shape index (κ2) is 7.37. The molecule has 2 aromatic carbocycles. The van der Waals surface area contributed by atoms with Gasteiger partial charge >= 0.3 is 0 Å². The minimum atomic E-state index is -0.517. The van der Waals surface area contributed by atoms with Crippen molar-refractivity contribution in [2.24, 2.45) is 5.10 Å². The lowest BCUT2D eigenvalue weighted by atomic mass is 10.1. The number of nitrogens with zero attached hydrogens (tertiary/aromatic N) is 3. The lowest BCUT2D eigenvalue weighted by Gasteiger charge is -2.10. The number of benzene rings is 2. The van der Waals surface area contributed by atoms with E-state index in [1.54, 1.807) is 43.3 Å². The Kier molecular flexibility index (Phi) is 4.74. The highest BCUT2D eigenvalue weighted by Crippen LogP contribution is 2.34. The highest BCUT2D eigenvalue weighted by molar-refractivity contribution is 6.32. The quantitative estimate of drug-likeness (QED) is 0.333. The molecule has 0 saturated heterocycles. The van der Waals surface area contributed by atoms with E-state index in [4.69, 9.17) is 16.0 Å². The van der Waals surface area contributed by atoms with E-state index >= 15 is 0 Å². The first-order valence-corrected chi connectivity index (χ1v) is 9.03. The predicted octanol–water partition coefficient (Wildman–Crippen LogP) is 5.31. The van der Waals surface area contributed by atoms with Crippen molar-refractivity contribution in [2.45, 2.75) is 6.92 Å². The largest absolute Gasteiger partial charge is 0.456 e. The number of nitro benzene ring substituents is 1. The maximum absolute atomic E-state index is 12.8. The number of hydrazone groups is 1. The molecule has 0 radical (unpaired) electrons. The van der Waals surface area contributed by atoms with Gasteiger partial charge in [0.25, 0.3) is 11.6 Å². The number of hydrogen-bond donors (Lipinski definition) is 0. The number of carbonyl (C=O) groups excluding carboxylic acids is 1. The SMILES string of the molecule is CC1=NN(c2ccccc2)C(=O)/C1=C/c1ccc(-c2ccc(Cl)cc2[N+](=O)[O-])o1. The number of amides is 1. The third kappa shape index (κ3) is 3.55.